The Morgan fingerprint density at radius 1 is 0.971 bits per heavy atom. The van der Waals surface area contributed by atoms with Crippen LogP contribution in [0.3, 0.4) is 0 Å². The predicted molar refractivity (Wildman–Crippen MR) is 135 cm³/mol. The molecule has 0 unspecified atom stereocenters. The van der Waals surface area contributed by atoms with Crippen LogP contribution in [0.15, 0.2) is 84.0 Å². The molecule has 0 saturated heterocycles. The van der Waals surface area contributed by atoms with E-state index in [4.69, 9.17) is 0 Å². The Balaban J connectivity index is 1.25. The van der Waals surface area contributed by atoms with Crippen molar-refractivity contribution >= 4 is 28.6 Å². The summed E-state index contributed by atoms with van der Waals surface area (Å²) in [6.45, 7) is 1.28. The van der Waals surface area contributed by atoms with Crippen LogP contribution in [0, 0.1) is 5.82 Å². The molecule has 1 amide bonds. The molecule has 2 aromatic heterocycles. The van der Waals surface area contributed by atoms with E-state index in [2.05, 4.69) is 27.3 Å². The number of rotatable bonds is 5. The first-order valence-corrected chi connectivity index (χ1v) is 12.4. The van der Waals surface area contributed by atoms with Crippen molar-refractivity contribution in [1.82, 2.24) is 24.6 Å². The predicted octanol–water partition coefficient (Wildman–Crippen LogP) is 5.23. The summed E-state index contributed by atoms with van der Waals surface area (Å²) in [5, 5.41) is 10.6. The van der Waals surface area contributed by atoms with Gasteiger partial charge in [-0.3, -0.25) is 9.36 Å². The van der Waals surface area contributed by atoms with E-state index in [1.807, 2.05) is 51.9 Å². The SMILES string of the molecule is O=C(CSc1nnc(-c2ccccc2)n1-c1ccc(F)cc1)N1CCc2[nH]c3ccccc3c2C1. The maximum Gasteiger partial charge on any atom is 0.233 e. The molecule has 3 heterocycles. The van der Waals surface area contributed by atoms with E-state index in [9.17, 15) is 9.18 Å². The molecule has 35 heavy (non-hydrogen) atoms. The van der Waals surface area contributed by atoms with Gasteiger partial charge in [-0.1, -0.05) is 60.3 Å². The third-order valence-electron chi connectivity index (χ3n) is 6.31. The number of H-pyrrole nitrogens is 1. The molecule has 8 heteroatoms. The van der Waals surface area contributed by atoms with Crippen LogP contribution in [0.25, 0.3) is 28.0 Å². The number of hydrogen-bond acceptors (Lipinski definition) is 4. The fourth-order valence-corrected chi connectivity index (χ4v) is 5.41. The summed E-state index contributed by atoms with van der Waals surface area (Å²) in [7, 11) is 0. The lowest BCUT2D eigenvalue weighted by Gasteiger charge is -2.27. The molecule has 1 aliphatic rings. The first kappa shape index (κ1) is 21.6. The van der Waals surface area contributed by atoms with E-state index in [1.165, 1.54) is 40.5 Å². The number of amides is 1. The van der Waals surface area contributed by atoms with Gasteiger partial charge in [0.15, 0.2) is 11.0 Å². The maximum absolute atomic E-state index is 13.6. The second kappa shape index (κ2) is 9.03. The van der Waals surface area contributed by atoms with Gasteiger partial charge in [-0.05, 0) is 30.3 Å². The van der Waals surface area contributed by atoms with Gasteiger partial charge in [0.05, 0.1) is 5.75 Å². The van der Waals surface area contributed by atoms with Crippen molar-refractivity contribution in [2.45, 2.75) is 18.1 Å². The van der Waals surface area contributed by atoms with Gasteiger partial charge >= 0.3 is 0 Å². The molecular formula is C27H22FN5OS. The third kappa shape index (κ3) is 4.10. The number of halogens is 1. The van der Waals surface area contributed by atoms with E-state index in [-0.39, 0.29) is 17.5 Å². The summed E-state index contributed by atoms with van der Waals surface area (Å²) in [4.78, 5) is 18.6. The zero-order valence-corrected chi connectivity index (χ0v) is 19.6. The summed E-state index contributed by atoms with van der Waals surface area (Å²) < 4.78 is 15.5. The van der Waals surface area contributed by atoms with Gasteiger partial charge in [0.2, 0.25) is 5.91 Å². The molecule has 0 bridgehead atoms. The van der Waals surface area contributed by atoms with Crippen molar-refractivity contribution in [3.05, 3.63) is 95.9 Å². The van der Waals surface area contributed by atoms with Crippen molar-refractivity contribution in [1.29, 1.82) is 0 Å². The quantitative estimate of drug-likeness (QED) is 0.348. The smallest absolute Gasteiger partial charge is 0.233 e. The van der Waals surface area contributed by atoms with Crippen molar-refractivity contribution < 1.29 is 9.18 Å². The first-order chi connectivity index (χ1) is 17.2. The van der Waals surface area contributed by atoms with Gasteiger partial charge in [0.1, 0.15) is 5.82 Å². The lowest BCUT2D eigenvalue weighted by Crippen LogP contribution is -2.36. The minimum Gasteiger partial charge on any atom is -0.358 e. The number of nitrogens with zero attached hydrogens (tertiary/aromatic N) is 4. The van der Waals surface area contributed by atoms with Crippen LogP contribution in [-0.2, 0) is 17.8 Å². The van der Waals surface area contributed by atoms with Crippen LogP contribution in [0.1, 0.15) is 11.3 Å². The topological polar surface area (TPSA) is 66.8 Å². The number of carbonyl (C=O) groups excluding carboxylic acids is 1. The van der Waals surface area contributed by atoms with Gasteiger partial charge in [0, 0.05) is 52.9 Å². The summed E-state index contributed by atoms with van der Waals surface area (Å²) in [5.74, 6) is 0.634. The number of thioether (sulfide) groups is 1. The molecule has 1 aliphatic heterocycles. The highest BCUT2D eigenvalue weighted by Crippen LogP contribution is 2.30. The number of aromatic nitrogens is 4. The molecule has 1 N–H and O–H groups in total. The van der Waals surface area contributed by atoms with Gasteiger partial charge in [-0.15, -0.1) is 10.2 Å². The highest BCUT2D eigenvalue weighted by Gasteiger charge is 2.25. The van der Waals surface area contributed by atoms with E-state index in [0.717, 1.165) is 23.2 Å². The molecule has 6 nitrogen and oxygen atoms in total. The van der Waals surface area contributed by atoms with Gasteiger partial charge < -0.3 is 9.88 Å². The molecule has 3 aromatic carbocycles. The Kier molecular flexibility index (Phi) is 5.58. The van der Waals surface area contributed by atoms with E-state index in [1.54, 1.807) is 12.1 Å². The molecule has 0 fully saturated rings. The van der Waals surface area contributed by atoms with Crippen molar-refractivity contribution in [2.75, 3.05) is 12.3 Å². The number of benzene rings is 3. The highest BCUT2D eigenvalue weighted by atomic mass is 32.2. The minimum absolute atomic E-state index is 0.0563. The number of hydrogen-bond donors (Lipinski definition) is 1. The number of nitrogens with one attached hydrogen (secondary N) is 1. The van der Waals surface area contributed by atoms with Crippen molar-refractivity contribution in [3.8, 4) is 17.1 Å². The van der Waals surface area contributed by atoms with Gasteiger partial charge in [0.25, 0.3) is 0 Å². The van der Waals surface area contributed by atoms with Crippen LogP contribution in [0.4, 0.5) is 4.39 Å². The summed E-state index contributed by atoms with van der Waals surface area (Å²) in [6.07, 6.45) is 0.810. The van der Waals surface area contributed by atoms with Crippen LogP contribution in [-0.4, -0.2) is 42.9 Å². The first-order valence-electron chi connectivity index (χ1n) is 11.4. The Labute approximate surface area is 205 Å². The van der Waals surface area contributed by atoms with Gasteiger partial charge in [-0.25, -0.2) is 4.39 Å². The second-order valence-corrected chi connectivity index (χ2v) is 9.41. The van der Waals surface area contributed by atoms with Crippen LogP contribution in [0.5, 0.6) is 0 Å². The normalized spacial score (nSPS) is 13.2. The molecule has 0 radical (unpaired) electrons. The van der Waals surface area contributed by atoms with E-state index in [0.29, 0.717) is 24.1 Å². The Hall–Kier alpha value is -3.91. The van der Waals surface area contributed by atoms with Gasteiger partial charge in [-0.2, -0.15) is 0 Å². The van der Waals surface area contributed by atoms with E-state index >= 15 is 0 Å². The number of para-hydroxylation sites is 1. The van der Waals surface area contributed by atoms with Crippen LogP contribution >= 0.6 is 11.8 Å². The third-order valence-corrected chi connectivity index (χ3v) is 7.22. The zero-order valence-electron chi connectivity index (χ0n) is 18.8. The summed E-state index contributed by atoms with van der Waals surface area (Å²) in [6, 6.07) is 24.2. The molecule has 6 rings (SSSR count). The van der Waals surface area contributed by atoms with Crippen molar-refractivity contribution in [3.63, 3.8) is 0 Å². The Morgan fingerprint density at radius 2 is 1.74 bits per heavy atom. The number of aromatic amines is 1. The highest BCUT2D eigenvalue weighted by molar-refractivity contribution is 7.99. The molecule has 5 aromatic rings. The minimum atomic E-state index is -0.311. The second-order valence-electron chi connectivity index (χ2n) is 8.47. The number of fused-ring (bicyclic) bond motifs is 3. The molecule has 0 spiro atoms. The van der Waals surface area contributed by atoms with Crippen LogP contribution in [0.2, 0.25) is 0 Å². The monoisotopic (exact) mass is 483 g/mol. The van der Waals surface area contributed by atoms with E-state index < -0.39 is 0 Å². The molecule has 0 saturated carbocycles. The van der Waals surface area contributed by atoms with Crippen molar-refractivity contribution in [2.24, 2.45) is 0 Å². The lowest BCUT2D eigenvalue weighted by atomic mass is 10.0. The number of carbonyl (C=O) groups is 1. The zero-order chi connectivity index (χ0) is 23.8. The average Bonchev–Trinajstić information content (AvgIpc) is 3.49. The fourth-order valence-electron chi connectivity index (χ4n) is 4.56. The maximum atomic E-state index is 13.6. The Morgan fingerprint density at radius 3 is 2.57 bits per heavy atom. The van der Waals surface area contributed by atoms with Crippen LogP contribution < -0.4 is 0 Å². The lowest BCUT2D eigenvalue weighted by molar-refractivity contribution is -0.129. The summed E-state index contributed by atoms with van der Waals surface area (Å²) >= 11 is 1.35. The standard InChI is InChI=1S/C27H22FN5OS/c28-19-10-12-20(13-11-19)33-26(18-6-2-1-3-7-18)30-31-27(33)35-17-25(34)32-15-14-24-22(16-32)21-8-4-5-9-23(21)29-24/h1-13,29H,14-17H2. The Bertz CT molecular complexity index is 1510. The largest absolute Gasteiger partial charge is 0.358 e. The summed E-state index contributed by atoms with van der Waals surface area (Å²) in [5.41, 5.74) is 5.16. The molecular weight excluding hydrogens is 461 g/mol. The molecule has 174 valence electrons. The molecule has 0 aliphatic carbocycles. The fraction of sp³-hybridized carbons (Fsp3) is 0.148. The average molecular weight is 484 g/mol. The molecule has 0 atom stereocenters.